The molecule has 98 valence electrons. The largest absolute Gasteiger partial charge is 0.393 e. The van der Waals surface area contributed by atoms with Crippen LogP contribution in [0, 0.1) is 11.7 Å². The first-order chi connectivity index (χ1) is 8.49. The number of rotatable bonds is 3. The van der Waals surface area contributed by atoms with Crippen LogP contribution in [0.2, 0.25) is 0 Å². The molecule has 1 N–H and O–H groups in total. The summed E-state index contributed by atoms with van der Waals surface area (Å²) >= 11 is 3.07. The molecule has 0 aromatic heterocycles. The zero-order valence-corrected chi connectivity index (χ0v) is 11.7. The van der Waals surface area contributed by atoms with Crippen LogP contribution in [0.5, 0.6) is 0 Å². The van der Waals surface area contributed by atoms with Crippen LogP contribution in [0.4, 0.5) is 4.39 Å². The SMILES string of the molecule is CN(CC1CC(O)C1)C(=O)c1cccc(Br)c1F. The Morgan fingerprint density at radius 2 is 2.22 bits per heavy atom. The second-order valence-corrected chi connectivity index (χ2v) is 5.63. The number of halogens is 2. The van der Waals surface area contributed by atoms with Gasteiger partial charge in [0.05, 0.1) is 16.1 Å². The fraction of sp³-hybridized carbons (Fsp3) is 0.462. The van der Waals surface area contributed by atoms with E-state index in [9.17, 15) is 14.3 Å². The van der Waals surface area contributed by atoms with Crippen LogP contribution in [0.25, 0.3) is 0 Å². The van der Waals surface area contributed by atoms with E-state index in [4.69, 9.17) is 0 Å². The fourth-order valence-corrected chi connectivity index (χ4v) is 2.56. The second-order valence-electron chi connectivity index (χ2n) is 4.78. The van der Waals surface area contributed by atoms with E-state index in [0.29, 0.717) is 16.9 Å². The van der Waals surface area contributed by atoms with Crippen molar-refractivity contribution in [1.82, 2.24) is 4.90 Å². The molecule has 1 saturated carbocycles. The number of carbonyl (C=O) groups excluding carboxylic acids is 1. The molecule has 1 aliphatic rings. The van der Waals surface area contributed by atoms with E-state index in [-0.39, 0.29) is 17.6 Å². The molecule has 0 aliphatic heterocycles. The molecule has 0 bridgehead atoms. The first-order valence-electron chi connectivity index (χ1n) is 5.86. The van der Waals surface area contributed by atoms with E-state index >= 15 is 0 Å². The summed E-state index contributed by atoms with van der Waals surface area (Å²) in [7, 11) is 1.66. The Labute approximate surface area is 114 Å². The summed E-state index contributed by atoms with van der Waals surface area (Å²) in [5.41, 5.74) is 0.0757. The lowest BCUT2D eigenvalue weighted by Crippen LogP contribution is -2.39. The zero-order chi connectivity index (χ0) is 13.3. The third-order valence-corrected chi connectivity index (χ3v) is 3.88. The molecule has 0 radical (unpaired) electrons. The number of aliphatic hydroxyl groups is 1. The molecule has 1 aromatic rings. The Balaban J connectivity index is 2.04. The van der Waals surface area contributed by atoms with E-state index in [1.807, 2.05) is 0 Å². The quantitative estimate of drug-likeness (QED) is 0.930. The standard InChI is InChI=1S/C13H15BrFNO2/c1-16(7-8-5-9(17)6-8)13(18)10-3-2-4-11(14)12(10)15/h2-4,8-9,17H,5-7H2,1H3. The van der Waals surface area contributed by atoms with Gasteiger partial charge in [-0.15, -0.1) is 0 Å². The van der Waals surface area contributed by atoms with Crippen molar-refractivity contribution in [3.8, 4) is 0 Å². The predicted molar refractivity (Wildman–Crippen MR) is 69.8 cm³/mol. The van der Waals surface area contributed by atoms with Gasteiger partial charge in [0.2, 0.25) is 0 Å². The summed E-state index contributed by atoms with van der Waals surface area (Å²) in [5, 5.41) is 9.20. The maximum Gasteiger partial charge on any atom is 0.256 e. The molecule has 0 saturated heterocycles. The van der Waals surface area contributed by atoms with E-state index in [1.165, 1.54) is 11.0 Å². The van der Waals surface area contributed by atoms with Gasteiger partial charge in [-0.1, -0.05) is 6.07 Å². The third kappa shape index (κ3) is 2.72. The van der Waals surface area contributed by atoms with E-state index in [2.05, 4.69) is 15.9 Å². The molecule has 1 aromatic carbocycles. The zero-order valence-electron chi connectivity index (χ0n) is 10.1. The van der Waals surface area contributed by atoms with Gasteiger partial charge in [0.15, 0.2) is 0 Å². The lowest BCUT2D eigenvalue weighted by molar-refractivity contribution is 0.0264. The molecule has 0 heterocycles. The molecule has 2 rings (SSSR count). The van der Waals surface area contributed by atoms with Crippen molar-refractivity contribution >= 4 is 21.8 Å². The van der Waals surface area contributed by atoms with Gasteiger partial charge < -0.3 is 10.0 Å². The smallest absolute Gasteiger partial charge is 0.256 e. The summed E-state index contributed by atoms with van der Waals surface area (Å²) in [6, 6.07) is 4.68. The summed E-state index contributed by atoms with van der Waals surface area (Å²) in [4.78, 5) is 13.6. The Morgan fingerprint density at radius 3 is 2.83 bits per heavy atom. The molecular formula is C13H15BrFNO2. The van der Waals surface area contributed by atoms with Crippen LogP contribution in [-0.4, -0.2) is 35.6 Å². The molecule has 1 aliphatic carbocycles. The monoisotopic (exact) mass is 315 g/mol. The molecular weight excluding hydrogens is 301 g/mol. The van der Waals surface area contributed by atoms with Gasteiger partial charge >= 0.3 is 0 Å². The molecule has 3 nitrogen and oxygen atoms in total. The highest BCUT2D eigenvalue weighted by atomic mass is 79.9. The molecule has 18 heavy (non-hydrogen) atoms. The highest BCUT2D eigenvalue weighted by Gasteiger charge is 2.29. The van der Waals surface area contributed by atoms with Gasteiger partial charge in [-0.25, -0.2) is 4.39 Å². The summed E-state index contributed by atoms with van der Waals surface area (Å²) in [5.74, 6) is -0.526. The number of amides is 1. The fourth-order valence-electron chi connectivity index (χ4n) is 2.19. The van der Waals surface area contributed by atoms with Crippen molar-refractivity contribution in [2.45, 2.75) is 18.9 Å². The number of hydrogen-bond acceptors (Lipinski definition) is 2. The van der Waals surface area contributed by atoms with Crippen molar-refractivity contribution in [3.63, 3.8) is 0 Å². The third-order valence-electron chi connectivity index (χ3n) is 3.27. The van der Waals surface area contributed by atoms with Gasteiger partial charge in [0.25, 0.3) is 5.91 Å². The van der Waals surface area contributed by atoms with Crippen molar-refractivity contribution in [2.75, 3.05) is 13.6 Å². The summed E-state index contributed by atoms with van der Waals surface area (Å²) in [6.07, 6.45) is 1.21. The Hall–Kier alpha value is -0.940. The van der Waals surface area contributed by atoms with E-state index in [0.717, 1.165) is 12.8 Å². The maximum atomic E-state index is 13.8. The van der Waals surface area contributed by atoms with Crippen LogP contribution >= 0.6 is 15.9 Å². The topological polar surface area (TPSA) is 40.5 Å². The molecule has 1 fully saturated rings. The lowest BCUT2D eigenvalue weighted by atomic mass is 9.82. The number of nitrogens with zero attached hydrogens (tertiary/aromatic N) is 1. The second kappa shape index (κ2) is 5.36. The molecule has 0 spiro atoms. The van der Waals surface area contributed by atoms with Crippen molar-refractivity contribution in [1.29, 1.82) is 0 Å². The Kier molecular flexibility index (Phi) is 4.02. The van der Waals surface area contributed by atoms with Crippen LogP contribution < -0.4 is 0 Å². The van der Waals surface area contributed by atoms with Crippen LogP contribution in [-0.2, 0) is 0 Å². The van der Waals surface area contributed by atoms with Gasteiger partial charge in [-0.05, 0) is 46.8 Å². The molecule has 0 unspecified atom stereocenters. The first kappa shape index (κ1) is 13.5. The number of aliphatic hydroxyl groups excluding tert-OH is 1. The molecule has 1 amide bonds. The van der Waals surface area contributed by atoms with Gasteiger partial charge in [-0.2, -0.15) is 0 Å². The summed E-state index contributed by atoms with van der Waals surface area (Å²) in [6.45, 7) is 0.557. The molecule has 0 atom stereocenters. The number of benzene rings is 1. The predicted octanol–water partition coefficient (Wildman–Crippen LogP) is 2.43. The maximum absolute atomic E-state index is 13.8. The highest BCUT2D eigenvalue weighted by molar-refractivity contribution is 9.10. The Morgan fingerprint density at radius 1 is 1.56 bits per heavy atom. The van der Waals surface area contributed by atoms with Gasteiger partial charge in [0.1, 0.15) is 5.82 Å². The van der Waals surface area contributed by atoms with E-state index in [1.54, 1.807) is 19.2 Å². The van der Waals surface area contributed by atoms with Crippen LogP contribution in [0.15, 0.2) is 22.7 Å². The van der Waals surface area contributed by atoms with Gasteiger partial charge in [0, 0.05) is 13.6 Å². The molecule has 5 heteroatoms. The van der Waals surface area contributed by atoms with Crippen LogP contribution in [0.3, 0.4) is 0 Å². The number of hydrogen-bond donors (Lipinski definition) is 1. The highest BCUT2D eigenvalue weighted by Crippen LogP contribution is 2.28. The Bertz CT molecular complexity index is 460. The normalized spacial score (nSPS) is 22.4. The van der Waals surface area contributed by atoms with Crippen LogP contribution in [0.1, 0.15) is 23.2 Å². The van der Waals surface area contributed by atoms with E-state index < -0.39 is 5.82 Å². The average molecular weight is 316 g/mol. The van der Waals surface area contributed by atoms with Crippen molar-refractivity contribution in [3.05, 3.63) is 34.1 Å². The van der Waals surface area contributed by atoms with Crippen molar-refractivity contribution < 1.29 is 14.3 Å². The average Bonchev–Trinajstić information content (AvgIpc) is 2.30. The van der Waals surface area contributed by atoms with Gasteiger partial charge in [-0.3, -0.25) is 4.79 Å². The minimum atomic E-state index is -0.525. The minimum Gasteiger partial charge on any atom is -0.393 e. The minimum absolute atomic E-state index is 0.0757. The number of carbonyl (C=O) groups is 1. The first-order valence-corrected chi connectivity index (χ1v) is 6.66. The summed E-state index contributed by atoms with van der Waals surface area (Å²) < 4.78 is 14.1. The van der Waals surface area contributed by atoms with Crippen molar-refractivity contribution in [2.24, 2.45) is 5.92 Å². The lowest BCUT2D eigenvalue weighted by Gasteiger charge is -2.34.